The first kappa shape index (κ1) is 17.3. The van der Waals surface area contributed by atoms with Crippen molar-refractivity contribution >= 4 is 16.9 Å². The predicted octanol–water partition coefficient (Wildman–Crippen LogP) is 2.53. The highest BCUT2D eigenvalue weighted by atomic mass is 16.5. The zero-order valence-electron chi connectivity index (χ0n) is 14.6. The van der Waals surface area contributed by atoms with Crippen LogP contribution < -0.4 is 5.32 Å². The molecule has 0 fully saturated rings. The van der Waals surface area contributed by atoms with Crippen LogP contribution in [0.4, 0.5) is 5.82 Å². The molecule has 0 spiro atoms. The van der Waals surface area contributed by atoms with Gasteiger partial charge in [0.2, 0.25) is 0 Å². The molecule has 0 bridgehead atoms. The molecule has 0 aliphatic heterocycles. The lowest BCUT2D eigenvalue weighted by molar-refractivity contribution is 0.0453. The van der Waals surface area contributed by atoms with Crippen LogP contribution >= 0.6 is 0 Å². The zero-order chi connectivity index (χ0) is 17.5. The Morgan fingerprint density at radius 2 is 1.96 bits per heavy atom. The molecule has 25 heavy (non-hydrogen) atoms. The number of rotatable bonds is 9. The molecule has 0 unspecified atom stereocenters. The summed E-state index contributed by atoms with van der Waals surface area (Å²) in [5.74, 6) is 0.788. The number of hydrogen-bond donors (Lipinski definition) is 1. The van der Waals surface area contributed by atoms with Crippen molar-refractivity contribution < 1.29 is 9.47 Å². The topological polar surface area (TPSA) is 74.1 Å². The number of aryl methyl sites for hydroxylation is 1. The van der Waals surface area contributed by atoms with E-state index < -0.39 is 0 Å². The summed E-state index contributed by atoms with van der Waals surface area (Å²) in [5, 5.41) is 8.51. The second kappa shape index (κ2) is 8.55. The predicted molar refractivity (Wildman–Crippen MR) is 96.2 cm³/mol. The summed E-state index contributed by atoms with van der Waals surface area (Å²) in [7, 11) is 1.87. The number of nitrogens with one attached hydrogen (secondary N) is 1. The van der Waals surface area contributed by atoms with Crippen LogP contribution in [0.15, 0.2) is 36.8 Å². The third-order valence-corrected chi connectivity index (χ3v) is 3.83. The molecule has 3 rings (SSSR count). The summed E-state index contributed by atoms with van der Waals surface area (Å²) >= 11 is 0. The van der Waals surface area contributed by atoms with Gasteiger partial charge in [0.25, 0.3) is 0 Å². The number of ether oxygens (including phenoxy) is 2. The van der Waals surface area contributed by atoms with E-state index >= 15 is 0 Å². The number of fused-ring (bicyclic) bond motifs is 1. The molecule has 0 atom stereocenters. The van der Waals surface area contributed by atoms with Gasteiger partial charge in [0.1, 0.15) is 12.1 Å². The van der Waals surface area contributed by atoms with Crippen LogP contribution in [0.25, 0.3) is 11.0 Å². The molecule has 7 nitrogen and oxygen atoms in total. The van der Waals surface area contributed by atoms with E-state index in [9.17, 15) is 0 Å². The van der Waals surface area contributed by atoms with Crippen LogP contribution in [-0.4, -0.2) is 39.6 Å². The summed E-state index contributed by atoms with van der Waals surface area (Å²) in [6, 6.07) is 8.32. The molecule has 1 aromatic carbocycles. The molecule has 2 heterocycles. The summed E-state index contributed by atoms with van der Waals surface area (Å²) in [6.45, 7) is 5.20. The van der Waals surface area contributed by atoms with Crippen LogP contribution in [0.1, 0.15) is 18.1 Å². The van der Waals surface area contributed by atoms with Crippen molar-refractivity contribution in [1.82, 2.24) is 19.7 Å². The van der Waals surface area contributed by atoms with E-state index in [1.165, 1.54) is 5.56 Å². The maximum atomic E-state index is 5.62. The third kappa shape index (κ3) is 4.52. The van der Waals surface area contributed by atoms with E-state index in [0.717, 1.165) is 29.0 Å². The molecule has 1 N–H and O–H groups in total. The van der Waals surface area contributed by atoms with Crippen LogP contribution in [0, 0.1) is 0 Å². The zero-order valence-corrected chi connectivity index (χ0v) is 14.6. The second-order valence-electron chi connectivity index (χ2n) is 5.65. The number of aromatic nitrogens is 4. The lowest BCUT2D eigenvalue weighted by Gasteiger charge is -2.09. The molecule has 7 heteroatoms. The maximum absolute atomic E-state index is 5.62. The van der Waals surface area contributed by atoms with Crippen LogP contribution in [0.3, 0.4) is 0 Å². The minimum atomic E-state index is 0.585. The number of benzene rings is 1. The summed E-state index contributed by atoms with van der Waals surface area (Å²) in [6.07, 6.45) is 3.33. The van der Waals surface area contributed by atoms with Gasteiger partial charge in [-0.2, -0.15) is 5.10 Å². The minimum absolute atomic E-state index is 0.585. The van der Waals surface area contributed by atoms with Gasteiger partial charge in [-0.3, -0.25) is 4.68 Å². The van der Waals surface area contributed by atoms with Crippen molar-refractivity contribution in [3.8, 4) is 0 Å². The highest BCUT2D eigenvalue weighted by Gasteiger charge is 2.07. The highest BCUT2D eigenvalue weighted by molar-refractivity contribution is 5.85. The third-order valence-electron chi connectivity index (χ3n) is 3.83. The Morgan fingerprint density at radius 3 is 2.84 bits per heavy atom. The van der Waals surface area contributed by atoms with Crippen molar-refractivity contribution in [2.45, 2.75) is 20.1 Å². The van der Waals surface area contributed by atoms with Crippen molar-refractivity contribution in [3.63, 3.8) is 0 Å². The fraction of sp³-hybridized carbons (Fsp3) is 0.389. The number of anilines is 1. The molecular formula is C18H23N5O2. The lowest BCUT2D eigenvalue weighted by Crippen LogP contribution is -2.05. The van der Waals surface area contributed by atoms with Gasteiger partial charge >= 0.3 is 0 Å². The quantitative estimate of drug-likeness (QED) is 0.603. The van der Waals surface area contributed by atoms with Gasteiger partial charge < -0.3 is 14.8 Å². The maximum Gasteiger partial charge on any atom is 0.163 e. The minimum Gasteiger partial charge on any atom is -0.379 e. The monoisotopic (exact) mass is 341 g/mol. The average molecular weight is 341 g/mol. The van der Waals surface area contributed by atoms with Gasteiger partial charge in [-0.15, -0.1) is 0 Å². The fourth-order valence-corrected chi connectivity index (χ4v) is 2.57. The van der Waals surface area contributed by atoms with Crippen molar-refractivity contribution in [2.75, 3.05) is 25.1 Å². The summed E-state index contributed by atoms with van der Waals surface area (Å²) in [5.41, 5.74) is 3.13. The molecule has 132 valence electrons. The van der Waals surface area contributed by atoms with Gasteiger partial charge in [-0.1, -0.05) is 24.3 Å². The van der Waals surface area contributed by atoms with E-state index in [4.69, 9.17) is 9.47 Å². The Kier molecular flexibility index (Phi) is 5.92. The van der Waals surface area contributed by atoms with Gasteiger partial charge in [0, 0.05) is 20.2 Å². The molecule has 0 saturated carbocycles. The first-order valence-corrected chi connectivity index (χ1v) is 8.38. The molecule has 0 radical (unpaired) electrons. The van der Waals surface area contributed by atoms with E-state index in [1.807, 2.05) is 20.0 Å². The molecule has 0 aliphatic rings. The van der Waals surface area contributed by atoms with Gasteiger partial charge in [0.05, 0.1) is 31.4 Å². The summed E-state index contributed by atoms with van der Waals surface area (Å²) in [4.78, 5) is 8.57. The Balaban J connectivity index is 1.58. The smallest absolute Gasteiger partial charge is 0.163 e. The molecule has 0 aliphatic carbocycles. The van der Waals surface area contributed by atoms with Gasteiger partial charge in [0.15, 0.2) is 5.65 Å². The van der Waals surface area contributed by atoms with Crippen LogP contribution in [0.2, 0.25) is 0 Å². The van der Waals surface area contributed by atoms with Gasteiger partial charge in [-0.25, -0.2) is 9.97 Å². The molecule has 2 aromatic heterocycles. The van der Waals surface area contributed by atoms with Crippen molar-refractivity contribution in [1.29, 1.82) is 0 Å². The molecule has 0 amide bonds. The SMILES string of the molecule is CCOCCOCc1cccc(CNc2ncnc3c2cnn3C)c1. The largest absolute Gasteiger partial charge is 0.379 e. The molecular weight excluding hydrogens is 318 g/mol. The Morgan fingerprint density at radius 1 is 1.12 bits per heavy atom. The van der Waals surface area contributed by atoms with Crippen LogP contribution in [0.5, 0.6) is 0 Å². The first-order valence-electron chi connectivity index (χ1n) is 8.38. The van der Waals surface area contributed by atoms with E-state index in [-0.39, 0.29) is 0 Å². The normalized spacial score (nSPS) is 11.1. The summed E-state index contributed by atoms with van der Waals surface area (Å²) < 4.78 is 12.6. The second-order valence-corrected chi connectivity index (χ2v) is 5.65. The Bertz CT molecular complexity index is 818. The van der Waals surface area contributed by atoms with E-state index in [1.54, 1.807) is 17.2 Å². The number of hydrogen-bond acceptors (Lipinski definition) is 6. The Hall–Kier alpha value is -2.51. The first-order chi connectivity index (χ1) is 12.3. The van der Waals surface area contributed by atoms with E-state index in [2.05, 4.69) is 38.6 Å². The van der Waals surface area contributed by atoms with Gasteiger partial charge in [-0.05, 0) is 18.1 Å². The lowest BCUT2D eigenvalue weighted by atomic mass is 10.1. The van der Waals surface area contributed by atoms with Crippen molar-refractivity contribution in [2.24, 2.45) is 7.05 Å². The fourth-order valence-electron chi connectivity index (χ4n) is 2.57. The van der Waals surface area contributed by atoms with Crippen molar-refractivity contribution in [3.05, 3.63) is 47.9 Å². The highest BCUT2D eigenvalue weighted by Crippen LogP contribution is 2.18. The standard InChI is InChI=1S/C18H23N5O2/c1-3-24-7-8-25-12-15-6-4-5-14(9-15)10-19-17-16-11-22-23(2)18(16)21-13-20-17/h4-6,9,11,13H,3,7-8,10,12H2,1-2H3,(H,19,20,21). The molecule has 0 saturated heterocycles. The van der Waals surface area contributed by atoms with Crippen LogP contribution in [-0.2, 0) is 29.7 Å². The number of nitrogens with zero attached hydrogens (tertiary/aromatic N) is 4. The molecule has 3 aromatic rings. The Labute approximate surface area is 147 Å². The average Bonchev–Trinajstić information content (AvgIpc) is 3.02. The van der Waals surface area contributed by atoms with E-state index in [0.29, 0.717) is 26.4 Å².